The average Bonchev–Trinajstić information content (AvgIpc) is 2.75. The van der Waals surface area contributed by atoms with Gasteiger partial charge in [0.05, 0.1) is 5.69 Å². The number of carbonyl (C=O) groups excluding carboxylic acids is 1. The van der Waals surface area contributed by atoms with Gasteiger partial charge in [-0.2, -0.15) is 0 Å². The molecule has 174 valence electrons. The third-order valence-electron chi connectivity index (χ3n) is 5.13. The van der Waals surface area contributed by atoms with Crippen LogP contribution in [-0.4, -0.2) is 21.1 Å². The van der Waals surface area contributed by atoms with Crippen molar-refractivity contribution in [3.05, 3.63) is 58.2 Å². The molecule has 0 saturated carbocycles. The third kappa shape index (κ3) is 4.38. The van der Waals surface area contributed by atoms with E-state index in [2.05, 4.69) is 4.72 Å². The number of amides is 1. The zero-order valence-corrected chi connectivity index (χ0v) is 18.5. The molecule has 3 rings (SSSR count). The van der Waals surface area contributed by atoms with Gasteiger partial charge in [0.25, 0.3) is 0 Å². The van der Waals surface area contributed by atoms with E-state index in [0.29, 0.717) is 30.6 Å². The zero-order valence-electron chi connectivity index (χ0n) is 17.6. The number of nitrogens with zero attached hydrogens (tertiary/aromatic N) is 1. The Morgan fingerprint density at radius 1 is 1.06 bits per heavy atom. The first-order chi connectivity index (χ1) is 15.0. The second-order valence-corrected chi connectivity index (χ2v) is 9.15. The van der Waals surface area contributed by atoms with Crippen molar-refractivity contribution < 1.29 is 35.5 Å². The fourth-order valence-corrected chi connectivity index (χ4v) is 4.72. The van der Waals surface area contributed by atoms with Gasteiger partial charge >= 0.3 is 6.09 Å². The van der Waals surface area contributed by atoms with Crippen LogP contribution in [0.3, 0.4) is 0 Å². The molecule has 1 aliphatic heterocycles. The molecule has 0 radical (unpaired) electrons. The standard InChI is InChI=1S/C21H22F4N2O4S/c1-4-8-27-15-7-6-12(9-13(15)16(5-2)31-21(27)28)26-32(29,30)10-14-19(24)17(22)11(3)18(23)20(14)25/h6-7,9,16,26H,4-5,8,10H2,1-3H3. The van der Waals surface area contributed by atoms with E-state index in [1.165, 1.54) is 23.1 Å². The Hall–Kier alpha value is -2.82. The smallest absolute Gasteiger partial charge is 0.414 e. The monoisotopic (exact) mass is 474 g/mol. The summed E-state index contributed by atoms with van der Waals surface area (Å²) in [6, 6.07) is 4.38. The van der Waals surface area contributed by atoms with Gasteiger partial charge in [0.2, 0.25) is 10.0 Å². The van der Waals surface area contributed by atoms with Crippen LogP contribution in [0.5, 0.6) is 0 Å². The van der Waals surface area contributed by atoms with Gasteiger partial charge in [-0.3, -0.25) is 9.62 Å². The van der Waals surface area contributed by atoms with Gasteiger partial charge in [0.15, 0.2) is 23.3 Å². The van der Waals surface area contributed by atoms with Crippen LogP contribution in [0.2, 0.25) is 0 Å². The largest absolute Gasteiger partial charge is 0.441 e. The van der Waals surface area contributed by atoms with E-state index >= 15 is 0 Å². The molecule has 1 aliphatic rings. The normalized spacial score (nSPS) is 16.0. The second kappa shape index (κ2) is 8.97. The number of rotatable bonds is 7. The minimum Gasteiger partial charge on any atom is -0.441 e. The summed E-state index contributed by atoms with van der Waals surface area (Å²) < 4.78 is 88.5. The topological polar surface area (TPSA) is 75.7 Å². The van der Waals surface area contributed by atoms with Crippen LogP contribution < -0.4 is 9.62 Å². The molecule has 32 heavy (non-hydrogen) atoms. The second-order valence-electron chi connectivity index (χ2n) is 7.43. The summed E-state index contributed by atoms with van der Waals surface area (Å²) in [5.74, 6) is -8.13. The molecule has 11 heteroatoms. The molecule has 1 amide bonds. The average molecular weight is 474 g/mol. The Kier molecular flexibility index (Phi) is 6.68. The predicted molar refractivity (Wildman–Crippen MR) is 111 cm³/mol. The Morgan fingerprint density at radius 3 is 2.25 bits per heavy atom. The van der Waals surface area contributed by atoms with Gasteiger partial charge in [-0.05, 0) is 38.0 Å². The molecule has 1 heterocycles. The van der Waals surface area contributed by atoms with Crippen LogP contribution in [-0.2, 0) is 20.5 Å². The van der Waals surface area contributed by atoms with E-state index in [1.807, 2.05) is 6.92 Å². The maximum atomic E-state index is 14.1. The number of halogens is 4. The molecule has 1 unspecified atom stereocenters. The lowest BCUT2D eigenvalue weighted by atomic mass is 10.0. The van der Waals surface area contributed by atoms with Crippen molar-refractivity contribution in [2.45, 2.75) is 45.5 Å². The van der Waals surface area contributed by atoms with Crippen LogP contribution in [0.1, 0.15) is 49.5 Å². The SMILES string of the molecule is CCCN1C(=O)OC(CC)c2cc(NS(=O)(=O)Cc3c(F)c(F)c(C)c(F)c3F)ccc21. The highest BCUT2D eigenvalue weighted by atomic mass is 32.2. The number of carbonyl (C=O) groups is 1. The molecular formula is C21H22F4N2O4S. The van der Waals surface area contributed by atoms with Crippen molar-refractivity contribution in [3.8, 4) is 0 Å². The Morgan fingerprint density at radius 2 is 1.69 bits per heavy atom. The lowest BCUT2D eigenvalue weighted by molar-refractivity contribution is 0.0954. The highest BCUT2D eigenvalue weighted by Crippen LogP contribution is 2.38. The Balaban J connectivity index is 1.94. The van der Waals surface area contributed by atoms with Crippen molar-refractivity contribution >= 4 is 27.5 Å². The molecule has 0 aromatic heterocycles. The van der Waals surface area contributed by atoms with E-state index < -0.39 is 62.4 Å². The summed E-state index contributed by atoms with van der Waals surface area (Å²) in [6.07, 6.45) is -0.00698. The van der Waals surface area contributed by atoms with Crippen LogP contribution in [0.4, 0.5) is 33.7 Å². The van der Waals surface area contributed by atoms with Crippen LogP contribution >= 0.6 is 0 Å². The van der Waals surface area contributed by atoms with Gasteiger partial charge in [0.1, 0.15) is 11.9 Å². The van der Waals surface area contributed by atoms with Gasteiger partial charge < -0.3 is 4.74 Å². The summed E-state index contributed by atoms with van der Waals surface area (Å²) in [4.78, 5) is 13.7. The molecule has 0 saturated heterocycles. The third-order valence-corrected chi connectivity index (χ3v) is 6.34. The maximum Gasteiger partial charge on any atom is 0.414 e. The first-order valence-electron chi connectivity index (χ1n) is 9.94. The maximum absolute atomic E-state index is 14.1. The number of hydrogen-bond acceptors (Lipinski definition) is 4. The molecule has 0 fully saturated rings. The van der Waals surface area contributed by atoms with Crippen molar-refractivity contribution in [1.82, 2.24) is 0 Å². The van der Waals surface area contributed by atoms with E-state index in [-0.39, 0.29) is 5.69 Å². The molecular weight excluding hydrogens is 452 g/mol. The summed E-state index contributed by atoms with van der Waals surface area (Å²) in [7, 11) is -4.45. The summed E-state index contributed by atoms with van der Waals surface area (Å²) in [6.45, 7) is 4.92. The van der Waals surface area contributed by atoms with E-state index in [4.69, 9.17) is 4.74 Å². The summed E-state index contributed by atoms with van der Waals surface area (Å²) in [5, 5.41) is 0. The van der Waals surface area contributed by atoms with Gasteiger partial charge in [-0.25, -0.2) is 30.8 Å². The number of nitrogens with one attached hydrogen (secondary N) is 1. The van der Waals surface area contributed by atoms with Crippen LogP contribution in [0, 0.1) is 30.2 Å². The first-order valence-corrected chi connectivity index (χ1v) is 11.6. The van der Waals surface area contributed by atoms with Crippen LogP contribution in [0.15, 0.2) is 18.2 Å². The lowest BCUT2D eigenvalue weighted by Crippen LogP contribution is -2.38. The quantitative estimate of drug-likeness (QED) is 0.436. The number of ether oxygens (including phenoxy) is 1. The van der Waals surface area contributed by atoms with E-state index in [0.717, 1.165) is 6.92 Å². The number of benzene rings is 2. The molecule has 1 atom stereocenters. The fourth-order valence-electron chi connectivity index (χ4n) is 3.53. The highest BCUT2D eigenvalue weighted by molar-refractivity contribution is 7.91. The summed E-state index contributed by atoms with van der Waals surface area (Å²) in [5.41, 5.74) is -0.931. The molecule has 2 aromatic carbocycles. The number of fused-ring (bicyclic) bond motifs is 1. The minimum atomic E-state index is -4.45. The number of sulfonamides is 1. The first kappa shape index (κ1) is 23.8. The molecule has 0 spiro atoms. The molecule has 0 aliphatic carbocycles. The highest BCUT2D eigenvalue weighted by Gasteiger charge is 2.32. The van der Waals surface area contributed by atoms with Crippen molar-refractivity contribution in [2.75, 3.05) is 16.2 Å². The van der Waals surface area contributed by atoms with E-state index in [1.54, 1.807) is 6.92 Å². The summed E-state index contributed by atoms with van der Waals surface area (Å²) >= 11 is 0. The number of anilines is 2. The van der Waals surface area contributed by atoms with E-state index in [9.17, 15) is 30.8 Å². The van der Waals surface area contributed by atoms with Crippen molar-refractivity contribution in [3.63, 3.8) is 0 Å². The molecule has 1 N–H and O–H groups in total. The zero-order chi connectivity index (χ0) is 23.8. The van der Waals surface area contributed by atoms with Crippen molar-refractivity contribution in [2.24, 2.45) is 0 Å². The molecule has 6 nitrogen and oxygen atoms in total. The van der Waals surface area contributed by atoms with Crippen LogP contribution in [0.25, 0.3) is 0 Å². The number of cyclic esters (lactones) is 1. The molecule has 2 aromatic rings. The van der Waals surface area contributed by atoms with Gasteiger partial charge in [0, 0.05) is 28.9 Å². The lowest BCUT2D eigenvalue weighted by Gasteiger charge is -2.33. The van der Waals surface area contributed by atoms with Gasteiger partial charge in [-0.15, -0.1) is 0 Å². The Labute approximate surface area is 183 Å². The fraction of sp³-hybridized carbons (Fsp3) is 0.381. The van der Waals surface area contributed by atoms with Gasteiger partial charge in [-0.1, -0.05) is 13.8 Å². The predicted octanol–water partition coefficient (Wildman–Crippen LogP) is 5.31. The van der Waals surface area contributed by atoms with Crippen molar-refractivity contribution in [1.29, 1.82) is 0 Å². The number of hydrogen-bond donors (Lipinski definition) is 1. The molecule has 0 bridgehead atoms. The Bertz CT molecular complexity index is 1140. The minimum absolute atomic E-state index is 0.0467.